The van der Waals surface area contributed by atoms with Crippen molar-refractivity contribution in [3.05, 3.63) is 109 Å². The predicted molar refractivity (Wildman–Crippen MR) is 166 cm³/mol. The van der Waals surface area contributed by atoms with Gasteiger partial charge in [0.1, 0.15) is 11.7 Å². The fourth-order valence-electron chi connectivity index (χ4n) is 6.19. The van der Waals surface area contributed by atoms with Crippen LogP contribution in [0.3, 0.4) is 0 Å². The van der Waals surface area contributed by atoms with Crippen LogP contribution in [0.4, 0.5) is 0 Å². The summed E-state index contributed by atoms with van der Waals surface area (Å²) in [6, 6.07) is 31.4. The van der Waals surface area contributed by atoms with E-state index in [1.807, 2.05) is 43.3 Å². The van der Waals surface area contributed by atoms with Crippen LogP contribution in [0.2, 0.25) is 5.04 Å². The number of ether oxygens (including phenoxy) is 3. The zero-order valence-electron chi connectivity index (χ0n) is 24.7. The average molecular weight is 573 g/mol. The number of aliphatic hydroxyl groups is 1. The van der Waals surface area contributed by atoms with E-state index in [1.54, 1.807) is 0 Å². The molecule has 0 saturated carbocycles. The van der Waals surface area contributed by atoms with Gasteiger partial charge in [0.25, 0.3) is 8.32 Å². The van der Waals surface area contributed by atoms with Crippen molar-refractivity contribution in [2.45, 2.75) is 88.3 Å². The molecule has 218 valence electrons. The monoisotopic (exact) mass is 572 g/mol. The average Bonchev–Trinajstić information content (AvgIpc) is 3.64. The van der Waals surface area contributed by atoms with Gasteiger partial charge in [0.15, 0.2) is 0 Å². The van der Waals surface area contributed by atoms with Gasteiger partial charge in [-0.2, -0.15) is 0 Å². The summed E-state index contributed by atoms with van der Waals surface area (Å²) in [6.45, 7) is 13.6. The molecular formula is C35H44O5Si. The van der Waals surface area contributed by atoms with E-state index in [1.165, 1.54) is 10.4 Å². The van der Waals surface area contributed by atoms with Gasteiger partial charge in [-0.25, -0.2) is 0 Å². The Bertz CT molecular complexity index is 1220. The molecule has 0 radical (unpaired) electrons. The van der Waals surface area contributed by atoms with Gasteiger partial charge in [-0.05, 0) is 27.9 Å². The van der Waals surface area contributed by atoms with Crippen molar-refractivity contribution >= 4 is 18.7 Å². The van der Waals surface area contributed by atoms with Crippen molar-refractivity contribution in [1.82, 2.24) is 0 Å². The highest BCUT2D eigenvalue weighted by atomic mass is 28.4. The molecule has 0 bridgehead atoms. The van der Waals surface area contributed by atoms with E-state index in [0.717, 1.165) is 5.56 Å². The number of epoxide rings is 1. The lowest BCUT2D eigenvalue weighted by atomic mass is 9.92. The first-order valence-electron chi connectivity index (χ1n) is 14.7. The van der Waals surface area contributed by atoms with E-state index >= 15 is 0 Å². The molecule has 0 spiro atoms. The molecule has 6 atom stereocenters. The number of hydrogen-bond donors (Lipinski definition) is 1. The lowest BCUT2D eigenvalue weighted by Crippen LogP contribution is -2.67. The zero-order valence-corrected chi connectivity index (χ0v) is 25.7. The van der Waals surface area contributed by atoms with E-state index in [0.29, 0.717) is 26.1 Å². The molecule has 0 amide bonds. The van der Waals surface area contributed by atoms with Gasteiger partial charge in [-0.15, -0.1) is 6.58 Å². The Hall–Kier alpha value is -2.58. The van der Waals surface area contributed by atoms with Crippen LogP contribution in [-0.2, 0) is 25.2 Å². The van der Waals surface area contributed by atoms with Crippen LogP contribution in [0.1, 0.15) is 46.1 Å². The summed E-state index contributed by atoms with van der Waals surface area (Å²) in [5.74, 6) is 0. The predicted octanol–water partition coefficient (Wildman–Crippen LogP) is 5.40. The third-order valence-corrected chi connectivity index (χ3v) is 13.7. The highest BCUT2D eigenvalue weighted by Gasteiger charge is 2.54. The number of rotatable bonds is 11. The van der Waals surface area contributed by atoms with Gasteiger partial charge >= 0.3 is 0 Å². The SMILES string of the molecule is C=C[C@]1(C)O[C@H]1C[C@H]1O[C@H](CO[Si](c2ccccc2)(c2ccccc2)C(C)(C)C)C[C@H](OCc2ccccc2)[C@@H]1O. The van der Waals surface area contributed by atoms with Crippen LogP contribution < -0.4 is 10.4 Å². The molecule has 41 heavy (non-hydrogen) atoms. The van der Waals surface area contributed by atoms with Crippen molar-refractivity contribution in [2.75, 3.05) is 6.61 Å². The molecule has 5 rings (SSSR count). The summed E-state index contributed by atoms with van der Waals surface area (Å²) in [5, 5.41) is 13.7. The molecule has 2 heterocycles. The van der Waals surface area contributed by atoms with Gasteiger partial charge < -0.3 is 23.7 Å². The molecule has 2 aliphatic heterocycles. The van der Waals surface area contributed by atoms with Gasteiger partial charge in [0.2, 0.25) is 0 Å². The summed E-state index contributed by atoms with van der Waals surface area (Å²) < 4.78 is 26.1. The van der Waals surface area contributed by atoms with E-state index < -0.39 is 20.5 Å². The maximum Gasteiger partial charge on any atom is 0.261 e. The minimum atomic E-state index is -2.74. The summed E-state index contributed by atoms with van der Waals surface area (Å²) in [6.07, 6.45) is 1.11. The Kier molecular flexibility index (Phi) is 9.00. The Morgan fingerprint density at radius 2 is 1.51 bits per heavy atom. The van der Waals surface area contributed by atoms with Crippen LogP contribution in [-0.4, -0.2) is 56.2 Å². The smallest absolute Gasteiger partial charge is 0.261 e. The topological polar surface area (TPSA) is 60.5 Å². The quantitative estimate of drug-likeness (QED) is 0.189. The first-order valence-corrected chi connectivity index (χ1v) is 16.6. The molecule has 0 unspecified atom stereocenters. The Labute approximate surface area is 246 Å². The fourth-order valence-corrected chi connectivity index (χ4v) is 10.8. The fraction of sp³-hybridized carbons (Fsp3) is 0.429. The van der Waals surface area contributed by atoms with Crippen LogP contribution in [0.15, 0.2) is 104 Å². The lowest BCUT2D eigenvalue weighted by Gasteiger charge is -2.45. The number of hydrogen-bond acceptors (Lipinski definition) is 5. The minimum Gasteiger partial charge on any atom is -0.405 e. The highest BCUT2D eigenvalue weighted by Crippen LogP contribution is 2.42. The van der Waals surface area contributed by atoms with Crippen molar-refractivity contribution in [2.24, 2.45) is 0 Å². The number of aliphatic hydroxyl groups excluding tert-OH is 1. The van der Waals surface area contributed by atoms with Crippen molar-refractivity contribution < 1.29 is 23.7 Å². The van der Waals surface area contributed by atoms with Crippen LogP contribution in [0.5, 0.6) is 0 Å². The summed E-state index contributed by atoms with van der Waals surface area (Å²) in [7, 11) is -2.74. The van der Waals surface area contributed by atoms with Crippen LogP contribution in [0.25, 0.3) is 0 Å². The zero-order chi connectivity index (χ0) is 29.1. The van der Waals surface area contributed by atoms with Crippen LogP contribution in [0, 0.1) is 0 Å². The Balaban J connectivity index is 1.40. The maximum absolute atomic E-state index is 11.4. The molecule has 2 fully saturated rings. The molecule has 5 nitrogen and oxygen atoms in total. The van der Waals surface area contributed by atoms with Crippen molar-refractivity contribution in [3.63, 3.8) is 0 Å². The van der Waals surface area contributed by atoms with E-state index in [9.17, 15) is 5.11 Å². The molecular weight excluding hydrogens is 528 g/mol. The van der Waals surface area contributed by atoms with Gasteiger partial charge in [0, 0.05) is 12.8 Å². The first kappa shape index (κ1) is 29.9. The van der Waals surface area contributed by atoms with E-state index in [2.05, 4.69) is 88.0 Å². The largest absolute Gasteiger partial charge is 0.405 e. The van der Waals surface area contributed by atoms with Gasteiger partial charge in [0.05, 0.1) is 37.6 Å². The molecule has 0 aromatic heterocycles. The van der Waals surface area contributed by atoms with Gasteiger partial charge in [-0.3, -0.25) is 0 Å². The third kappa shape index (κ3) is 6.43. The summed E-state index contributed by atoms with van der Waals surface area (Å²) in [4.78, 5) is 0. The molecule has 0 aliphatic carbocycles. The molecule has 1 N–H and O–H groups in total. The summed E-state index contributed by atoms with van der Waals surface area (Å²) >= 11 is 0. The second-order valence-corrected chi connectivity index (χ2v) is 16.9. The number of benzene rings is 3. The lowest BCUT2D eigenvalue weighted by molar-refractivity contribution is -0.195. The normalized spacial score (nSPS) is 28.3. The van der Waals surface area contributed by atoms with E-state index in [-0.39, 0.29) is 29.0 Å². The molecule has 3 aromatic carbocycles. The second kappa shape index (κ2) is 12.3. The molecule has 2 aliphatic rings. The first-order chi connectivity index (χ1) is 19.7. The standard InChI is InChI=1S/C35H44O5Si/c1-6-35(5)32(40-35)23-31-33(36)30(37-24-26-16-10-7-11-17-26)22-27(39-31)25-38-41(34(2,3)4,28-18-12-8-13-19-28)29-20-14-9-15-21-29/h6-21,27,30-33,36H,1,22-25H2,2-5H3/t27-,30-,31+,32-,33-,35-/m0/s1. The highest BCUT2D eigenvalue weighted by molar-refractivity contribution is 6.99. The van der Waals surface area contributed by atoms with Gasteiger partial charge in [-0.1, -0.05) is 118 Å². The molecule has 2 saturated heterocycles. The minimum absolute atomic E-state index is 0.0363. The molecule has 6 heteroatoms. The second-order valence-electron chi connectivity index (χ2n) is 12.6. The third-order valence-electron chi connectivity index (χ3n) is 8.66. The Morgan fingerprint density at radius 3 is 2.02 bits per heavy atom. The maximum atomic E-state index is 11.4. The Morgan fingerprint density at radius 1 is 0.951 bits per heavy atom. The van der Waals surface area contributed by atoms with Crippen LogP contribution >= 0.6 is 0 Å². The van der Waals surface area contributed by atoms with Crippen molar-refractivity contribution in [3.8, 4) is 0 Å². The van der Waals surface area contributed by atoms with Crippen molar-refractivity contribution in [1.29, 1.82) is 0 Å². The molecule has 3 aromatic rings. The summed E-state index contributed by atoms with van der Waals surface area (Å²) in [5.41, 5.74) is 0.703. The van der Waals surface area contributed by atoms with E-state index in [4.69, 9.17) is 18.6 Å².